The molecule has 0 aliphatic rings. The Bertz CT molecular complexity index is 734. The van der Waals surface area contributed by atoms with Crippen LogP contribution in [0.5, 0.6) is 0 Å². The molecule has 0 radical (unpaired) electrons. The van der Waals surface area contributed by atoms with Crippen LogP contribution in [0.25, 0.3) is 5.69 Å². The van der Waals surface area contributed by atoms with Crippen molar-refractivity contribution in [1.29, 1.82) is 0 Å². The SMILES string of the molecule is O=C(NCCCc1cccnc1)c1ccc(-n2cccc2)cc1. The molecule has 0 atom stereocenters. The Morgan fingerprint density at radius 3 is 2.52 bits per heavy atom. The summed E-state index contributed by atoms with van der Waals surface area (Å²) in [4.78, 5) is 16.2. The van der Waals surface area contributed by atoms with Gasteiger partial charge in [-0.15, -0.1) is 0 Å². The standard InChI is InChI=1S/C19H19N3O/c23-19(21-12-4-6-16-5-3-11-20-15-16)17-7-9-18(10-8-17)22-13-1-2-14-22/h1-3,5,7-11,13-15H,4,6,12H2,(H,21,23). The monoisotopic (exact) mass is 305 g/mol. The molecule has 0 aliphatic heterocycles. The van der Waals surface area contributed by atoms with Gasteiger partial charge in [-0.05, 0) is 60.9 Å². The summed E-state index contributed by atoms with van der Waals surface area (Å²) in [6, 6.07) is 15.5. The number of pyridine rings is 1. The molecule has 1 aromatic carbocycles. The number of carbonyl (C=O) groups is 1. The van der Waals surface area contributed by atoms with Crippen LogP contribution in [0.1, 0.15) is 22.3 Å². The van der Waals surface area contributed by atoms with Gasteiger partial charge in [0.2, 0.25) is 0 Å². The van der Waals surface area contributed by atoms with Gasteiger partial charge in [0.25, 0.3) is 5.91 Å². The maximum Gasteiger partial charge on any atom is 0.251 e. The van der Waals surface area contributed by atoms with Crippen molar-refractivity contribution in [2.24, 2.45) is 0 Å². The minimum Gasteiger partial charge on any atom is -0.352 e. The molecule has 0 bridgehead atoms. The van der Waals surface area contributed by atoms with Crippen molar-refractivity contribution >= 4 is 5.91 Å². The predicted octanol–water partition coefficient (Wildman–Crippen LogP) is 3.23. The van der Waals surface area contributed by atoms with Gasteiger partial charge in [-0.1, -0.05) is 6.07 Å². The molecule has 1 N–H and O–H groups in total. The van der Waals surface area contributed by atoms with Gasteiger partial charge in [-0.2, -0.15) is 0 Å². The molecule has 4 nitrogen and oxygen atoms in total. The Hall–Kier alpha value is -2.88. The van der Waals surface area contributed by atoms with Gasteiger partial charge in [0.1, 0.15) is 0 Å². The van der Waals surface area contributed by atoms with E-state index in [2.05, 4.69) is 16.4 Å². The van der Waals surface area contributed by atoms with E-state index in [0.29, 0.717) is 12.1 Å². The zero-order chi connectivity index (χ0) is 15.9. The van der Waals surface area contributed by atoms with Crippen LogP contribution in [-0.2, 0) is 6.42 Å². The highest BCUT2D eigenvalue weighted by Crippen LogP contribution is 2.10. The Kier molecular flexibility index (Phi) is 4.84. The van der Waals surface area contributed by atoms with E-state index in [1.165, 1.54) is 5.56 Å². The summed E-state index contributed by atoms with van der Waals surface area (Å²) < 4.78 is 2.01. The fourth-order valence-electron chi connectivity index (χ4n) is 2.43. The van der Waals surface area contributed by atoms with Crippen LogP contribution in [0, 0.1) is 0 Å². The van der Waals surface area contributed by atoms with E-state index in [-0.39, 0.29) is 5.91 Å². The second kappa shape index (κ2) is 7.40. The molecule has 116 valence electrons. The molecule has 2 aromatic heterocycles. The third-order valence-electron chi connectivity index (χ3n) is 3.68. The van der Waals surface area contributed by atoms with Gasteiger partial charge in [0.15, 0.2) is 0 Å². The maximum atomic E-state index is 12.1. The van der Waals surface area contributed by atoms with Crippen molar-refractivity contribution in [2.45, 2.75) is 12.8 Å². The number of aromatic nitrogens is 2. The lowest BCUT2D eigenvalue weighted by Crippen LogP contribution is -2.24. The minimum absolute atomic E-state index is 0.0322. The average molecular weight is 305 g/mol. The first-order valence-corrected chi connectivity index (χ1v) is 7.73. The molecule has 1 amide bonds. The van der Waals surface area contributed by atoms with Crippen molar-refractivity contribution in [3.05, 3.63) is 84.4 Å². The summed E-state index contributed by atoms with van der Waals surface area (Å²) >= 11 is 0. The lowest BCUT2D eigenvalue weighted by molar-refractivity contribution is 0.0953. The minimum atomic E-state index is -0.0322. The second-order valence-electron chi connectivity index (χ2n) is 5.36. The van der Waals surface area contributed by atoms with Gasteiger partial charge in [-0.3, -0.25) is 9.78 Å². The maximum absolute atomic E-state index is 12.1. The number of hydrogen-bond acceptors (Lipinski definition) is 2. The molecular weight excluding hydrogens is 286 g/mol. The van der Waals surface area contributed by atoms with E-state index >= 15 is 0 Å². The average Bonchev–Trinajstić information content (AvgIpc) is 3.14. The molecule has 3 rings (SSSR count). The van der Waals surface area contributed by atoms with E-state index < -0.39 is 0 Å². The Morgan fingerprint density at radius 2 is 1.83 bits per heavy atom. The van der Waals surface area contributed by atoms with Gasteiger partial charge in [-0.25, -0.2) is 0 Å². The van der Waals surface area contributed by atoms with Crippen LogP contribution in [0.4, 0.5) is 0 Å². The van der Waals surface area contributed by atoms with Crippen LogP contribution in [0.15, 0.2) is 73.3 Å². The van der Waals surface area contributed by atoms with E-state index in [1.807, 2.05) is 65.6 Å². The van der Waals surface area contributed by atoms with Gasteiger partial charge < -0.3 is 9.88 Å². The van der Waals surface area contributed by atoms with E-state index in [9.17, 15) is 4.79 Å². The highest BCUT2D eigenvalue weighted by Gasteiger charge is 2.05. The highest BCUT2D eigenvalue weighted by molar-refractivity contribution is 5.94. The fourth-order valence-corrected chi connectivity index (χ4v) is 2.43. The number of amides is 1. The van der Waals surface area contributed by atoms with Gasteiger partial charge in [0, 0.05) is 42.6 Å². The van der Waals surface area contributed by atoms with Crippen LogP contribution in [0.3, 0.4) is 0 Å². The van der Waals surface area contributed by atoms with Gasteiger partial charge in [0.05, 0.1) is 0 Å². The third-order valence-corrected chi connectivity index (χ3v) is 3.68. The van der Waals surface area contributed by atoms with Crippen molar-refractivity contribution in [2.75, 3.05) is 6.54 Å². The Balaban J connectivity index is 1.48. The number of benzene rings is 1. The number of nitrogens with zero attached hydrogens (tertiary/aromatic N) is 2. The molecule has 0 spiro atoms. The summed E-state index contributed by atoms with van der Waals surface area (Å²) in [5, 5.41) is 2.96. The number of aryl methyl sites for hydroxylation is 1. The first-order valence-electron chi connectivity index (χ1n) is 7.73. The molecule has 0 aliphatic carbocycles. The van der Waals surface area contributed by atoms with Crippen molar-refractivity contribution in [3.8, 4) is 5.69 Å². The lowest BCUT2D eigenvalue weighted by atomic mass is 10.1. The number of carbonyl (C=O) groups excluding carboxylic acids is 1. The summed E-state index contributed by atoms with van der Waals surface area (Å²) in [6.45, 7) is 0.660. The number of nitrogens with one attached hydrogen (secondary N) is 1. The first-order chi connectivity index (χ1) is 11.3. The Morgan fingerprint density at radius 1 is 1.04 bits per heavy atom. The predicted molar refractivity (Wildman–Crippen MR) is 90.7 cm³/mol. The second-order valence-corrected chi connectivity index (χ2v) is 5.36. The zero-order valence-electron chi connectivity index (χ0n) is 12.9. The van der Waals surface area contributed by atoms with Crippen molar-refractivity contribution in [1.82, 2.24) is 14.9 Å². The van der Waals surface area contributed by atoms with Crippen LogP contribution < -0.4 is 5.32 Å². The summed E-state index contributed by atoms with van der Waals surface area (Å²) in [6.07, 6.45) is 9.41. The number of hydrogen-bond donors (Lipinski definition) is 1. The molecule has 3 aromatic rings. The van der Waals surface area contributed by atoms with E-state index in [4.69, 9.17) is 0 Å². The van der Waals surface area contributed by atoms with E-state index in [1.54, 1.807) is 6.20 Å². The molecule has 0 saturated carbocycles. The van der Waals surface area contributed by atoms with Crippen molar-refractivity contribution in [3.63, 3.8) is 0 Å². The molecule has 0 saturated heterocycles. The summed E-state index contributed by atoms with van der Waals surface area (Å²) in [5.74, 6) is -0.0322. The van der Waals surface area contributed by atoms with Crippen molar-refractivity contribution < 1.29 is 4.79 Å². The van der Waals surface area contributed by atoms with Crippen LogP contribution in [0.2, 0.25) is 0 Å². The quantitative estimate of drug-likeness (QED) is 0.711. The summed E-state index contributed by atoms with van der Waals surface area (Å²) in [5.41, 5.74) is 2.92. The van der Waals surface area contributed by atoms with Gasteiger partial charge >= 0.3 is 0 Å². The topological polar surface area (TPSA) is 46.9 Å². The molecule has 23 heavy (non-hydrogen) atoms. The highest BCUT2D eigenvalue weighted by atomic mass is 16.1. The molecule has 2 heterocycles. The molecule has 0 fully saturated rings. The zero-order valence-corrected chi connectivity index (χ0v) is 12.9. The molecular formula is C19H19N3O. The first kappa shape index (κ1) is 15.0. The van der Waals surface area contributed by atoms with Crippen LogP contribution in [-0.4, -0.2) is 22.0 Å². The number of rotatable bonds is 6. The normalized spacial score (nSPS) is 10.4. The van der Waals surface area contributed by atoms with Crippen LogP contribution >= 0.6 is 0 Å². The largest absolute Gasteiger partial charge is 0.352 e. The summed E-state index contributed by atoms with van der Waals surface area (Å²) in [7, 11) is 0. The smallest absolute Gasteiger partial charge is 0.251 e. The Labute approximate surface area is 135 Å². The fraction of sp³-hybridized carbons (Fsp3) is 0.158. The lowest BCUT2D eigenvalue weighted by Gasteiger charge is -2.07. The van der Waals surface area contributed by atoms with E-state index in [0.717, 1.165) is 18.5 Å². The molecule has 4 heteroatoms. The molecule has 0 unspecified atom stereocenters. The third kappa shape index (κ3) is 4.07.